The van der Waals surface area contributed by atoms with Crippen molar-refractivity contribution in [2.75, 3.05) is 0 Å². The number of carbonyl (C=O) groups is 2. The quantitative estimate of drug-likeness (QED) is 0.822. The fourth-order valence-corrected chi connectivity index (χ4v) is 1.49. The lowest BCUT2D eigenvalue weighted by Crippen LogP contribution is -2.28. The highest BCUT2D eigenvalue weighted by Gasteiger charge is 2.15. The first-order valence-electron chi connectivity index (χ1n) is 5.80. The highest BCUT2D eigenvalue weighted by Crippen LogP contribution is 2.14. The van der Waals surface area contributed by atoms with Crippen LogP contribution < -0.4 is 5.32 Å². The van der Waals surface area contributed by atoms with Gasteiger partial charge in [-0.05, 0) is 38.5 Å². The molecule has 1 aromatic rings. The number of carbonyl (C=O) groups excluding carboxylic acids is 1. The van der Waals surface area contributed by atoms with E-state index in [2.05, 4.69) is 5.32 Å². The van der Waals surface area contributed by atoms with Gasteiger partial charge in [-0.15, -0.1) is 0 Å². The van der Waals surface area contributed by atoms with E-state index >= 15 is 0 Å². The maximum absolute atomic E-state index is 13.1. The molecule has 1 unspecified atom stereocenters. The Morgan fingerprint density at radius 3 is 2.42 bits per heavy atom. The van der Waals surface area contributed by atoms with E-state index in [1.54, 1.807) is 19.1 Å². The van der Waals surface area contributed by atoms with E-state index in [1.807, 2.05) is 0 Å². The van der Waals surface area contributed by atoms with Crippen LogP contribution in [0.2, 0.25) is 0 Å². The van der Waals surface area contributed by atoms with Gasteiger partial charge in [-0.1, -0.05) is 12.1 Å². The Morgan fingerprint density at radius 1 is 1.26 bits per heavy atom. The number of rotatable bonds is 4. The van der Waals surface area contributed by atoms with Crippen LogP contribution in [0.15, 0.2) is 35.4 Å². The predicted molar refractivity (Wildman–Crippen MR) is 69.0 cm³/mol. The molecule has 2 N–H and O–H groups in total. The molecule has 0 radical (unpaired) electrons. The normalized spacial score (nSPS) is 13.5. The minimum absolute atomic E-state index is 0.0102. The SMILES string of the molecule is CC(C(=O)O)=C(C)C(=O)NC(C)c1cccc(F)c1. The second-order valence-electron chi connectivity index (χ2n) is 4.31. The van der Waals surface area contributed by atoms with Gasteiger partial charge in [0.05, 0.1) is 6.04 Å². The summed E-state index contributed by atoms with van der Waals surface area (Å²) in [6.07, 6.45) is 0. The Bertz CT molecular complexity index is 537. The third-order valence-electron chi connectivity index (χ3n) is 2.92. The summed E-state index contributed by atoms with van der Waals surface area (Å²) in [5.74, 6) is -1.99. The lowest BCUT2D eigenvalue weighted by molar-refractivity contribution is -0.133. The highest BCUT2D eigenvalue weighted by molar-refractivity contribution is 6.01. The maximum atomic E-state index is 13.1. The average molecular weight is 265 g/mol. The molecule has 0 saturated heterocycles. The van der Waals surface area contributed by atoms with Gasteiger partial charge in [0.15, 0.2) is 0 Å². The van der Waals surface area contributed by atoms with E-state index in [0.717, 1.165) is 0 Å². The van der Waals surface area contributed by atoms with Crippen LogP contribution in [0, 0.1) is 5.82 Å². The lowest BCUT2D eigenvalue weighted by atomic mass is 10.1. The van der Waals surface area contributed by atoms with Gasteiger partial charge in [-0.2, -0.15) is 0 Å². The Kier molecular flexibility index (Phi) is 4.80. The zero-order valence-corrected chi connectivity index (χ0v) is 11.0. The summed E-state index contributed by atoms with van der Waals surface area (Å²) in [6, 6.07) is 5.49. The molecule has 0 bridgehead atoms. The van der Waals surface area contributed by atoms with Gasteiger partial charge in [0.1, 0.15) is 5.82 Å². The summed E-state index contributed by atoms with van der Waals surface area (Å²) in [7, 11) is 0. The molecule has 0 heterocycles. The summed E-state index contributed by atoms with van der Waals surface area (Å²) >= 11 is 0. The standard InChI is InChI=1S/C14H16FNO3/c1-8(9(2)14(18)19)13(17)16-10(3)11-5-4-6-12(15)7-11/h4-7,10H,1-3H3,(H,16,17)(H,18,19). The number of benzene rings is 1. The van der Waals surface area contributed by atoms with Crippen molar-refractivity contribution in [3.8, 4) is 0 Å². The van der Waals surface area contributed by atoms with Gasteiger partial charge >= 0.3 is 5.97 Å². The third kappa shape index (κ3) is 3.91. The number of hydrogen-bond acceptors (Lipinski definition) is 2. The first-order chi connectivity index (χ1) is 8.82. The molecule has 1 rings (SSSR count). The van der Waals surface area contributed by atoms with Crippen molar-refractivity contribution in [2.45, 2.75) is 26.8 Å². The Labute approximate surface area is 110 Å². The summed E-state index contributed by atoms with van der Waals surface area (Å²) in [6.45, 7) is 4.51. The van der Waals surface area contributed by atoms with Crippen LogP contribution in [0.25, 0.3) is 0 Å². The number of aliphatic carboxylic acids is 1. The molecule has 0 aliphatic carbocycles. The predicted octanol–water partition coefficient (Wildman–Crippen LogP) is 2.42. The van der Waals surface area contributed by atoms with Gasteiger partial charge in [0.25, 0.3) is 0 Å². The van der Waals surface area contributed by atoms with Crippen molar-refractivity contribution < 1.29 is 19.1 Å². The summed E-state index contributed by atoms with van der Waals surface area (Å²) < 4.78 is 13.1. The van der Waals surface area contributed by atoms with Crippen LogP contribution >= 0.6 is 0 Å². The molecule has 5 heteroatoms. The second kappa shape index (κ2) is 6.13. The summed E-state index contributed by atoms with van der Waals surface area (Å²) in [5.41, 5.74) is 0.744. The molecule has 1 aromatic carbocycles. The van der Waals surface area contributed by atoms with Crippen LogP contribution in [0.5, 0.6) is 0 Å². The van der Waals surface area contributed by atoms with E-state index in [1.165, 1.54) is 26.0 Å². The van der Waals surface area contributed by atoms with Crippen LogP contribution in [0.3, 0.4) is 0 Å². The van der Waals surface area contributed by atoms with Gasteiger partial charge in [0.2, 0.25) is 5.91 Å². The number of carboxylic acids is 1. The van der Waals surface area contributed by atoms with E-state index < -0.39 is 17.9 Å². The van der Waals surface area contributed by atoms with Crippen molar-refractivity contribution in [1.82, 2.24) is 5.32 Å². The molecule has 4 nitrogen and oxygen atoms in total. The summed E-state index contributed by atoms with van der Waals surface area (Å²) in [5, 5.41) is 11.4. The Hall–Kier alpha value is -2.17. The smallest absolute Gasteiger partial charge is 0.331 e. The lowest BCUT2D eigenvalue weighted by Gasteiger charge is -2.15. The van der Waals surface area contributed by atoms with Crippen molar-refractivity contribution in [2.24, 2.45) is 0 Å². The van der Waals surface area contributed by atoms with E-state index in [0.29, 0.717) is 5.56 Å². The number of halogens is 1. The second-order valence-corrected chi connectivity index (χ2v) is 4.31. The molecule has 0 saturated carbocycles. The zero-order valence-electron chi connectivity index (χ0n) is 11.0. The number of amides is 1. The van der Waals surface area contributed by atoms with Crippen LogP contribution in [0.4, 0.5) is 4.39 Å². The average Bonchev–Trinajstić information content (AvgIpc) is 2.36. The van der Waals surface area contributed by atoms with Crippen molar-refractivity contribution in [3.05, 3.63) is 46.8 Å². The first-order valence-corrected chi connectivity index (χ1v) is 5.80. The van der Waals surface area contributed by atoms with E-state index in [9.17, 15) is 14.0 Å². The van der Waals surface area contributed by atoms with Gasteiger partial charge in [-0.3, -0.25) is 4.79 Å². The number of nitrogens with one attached hydrogen (secondary N) is 1. The molecular weight excluding hydrogens is 249 g/mol. The Balaban J connectivity index is 2.83. The van der Waals surface area contributed by atoms with Crippen molar-refractivity contribution in [3.63, 3.8) is 0 Å². The molecule has 102 valence electrons. The molecule has 1 atom stereocenters. The minimum atomic E-state index is -1.13. The van der Waals surface area contributed by atoms with Crippen molar-refractivity contribution in [1.29, 1.82) is 0 Å². The topological polar surface area (TPSA) is 66.4 Å². The molecule has 0 fully saturated rings. The monoisotopic (exact) mass is 265 g/mol. The maximum Gasteiger partial charge on any atom is 0.331 e. The molecule has 0 aliphatic rings. The first kappa shape index (κ1) is 14.9. The molecule has 0 spiro atoms. The van der Waals surface area contributed by atoms with Crippen LogP contribution in [0.1, 0.15) is 32.4 Å². The number of carboxylic acid groups (broad SMARTS) is 1. The number of hydrogen-bond donors (Lipinski definition) is 2. The molecular formula is C14H16FNO3. The van der Waals surface area contributed by atoms with Gasteiger partial charge < -0.3 is 10.4 Å². The molecule has 1 amide bonds. The molecule has 0 aliphatic heterocycles. The Morgan fingerprint density at radius 2 is 1.89 bits per heavy atom. The van der Waals surface area contributed by atoms with Gasteiger partial charge in [-0.25, -0.2) is 9.18 Å². The van der Waals surface area contributed by atoms with Crippen LogP contribution in [-0.2, 0) is 9.59 Å². The fraction of sp³-hybridized carbons (Fsp3) is 0.286. The van der Waals surface area contributed by atoms with Crippen molar-refractivity contribution >= 4 is 11.9 Å². The van der Waals surface area contributed by atoms with E-state index in [-0.39, 0.29) is 17.0 Å². The highest BCUT2D eigenvalue weighted by atomic mass is 19.1. The molecule has 0 aromatic heterocycles. The third-order valence-corrected chi connectivity index (χ3v) is 2.92. The van der Waals surface area contributed by atoms with Gasteiger partial charge in [0, 0.05) is 11.1 Å². The molecule has 19 heavy (non-hydrogen) atoms. The van der Waals surface area contributed by atoms with E-state index in [4.69, 9.17) is 5.11 Å². The largest absolute Gasteiger partial charge is 0.478 e. The zero-order chi connectivity index (χ0) is 14.6. The fourth-order valence-electron chi connectivity index (χ4n) is 1.49. The van der Waals surface area contributed by atoms with Crippen LogP contribution in [-0.4, -0.2) is 17.0 Å². The summed E-state index contributed by atoms with van der Waals surface area (Å²) in [4.78, 5) is 22.6. The minimum Gasteiger partial charge on any atom is -0.478 e.